The number of para-hydroxylation sites is 1. The number of benzene rings is 2. The molecule has 3 rings (SSSR count). The molecule has 0 bridgehead atoms. The van der Waals surface area contributed by atoms with Crippen LogP contribution in [0.3, 0.4) is 0 Å². The number of anilines is 3. The third kappa shape index (κ3) is 4.45. The highest BCUT2D eigenvalue weighted by Crippen LogP contribution is 2.42. The van der Waals surface area contributed by atoms with Crippen LogP contribution in [-0.4, -0.2) is 19.2 Å². The molecule has 0 spiro atoms. The lowest BCUT2D eigenvalue weighted by molar-refractivity contribution is 0.394. The van der Waals surface area contributed by atoms with E-state index >= 15 is 0 Å². The number of nitrogens with one attached hydrogen (secondary N) is 1. The molecular formula is C22H20Cl2FN3O2. The van der Waals surface area contributed by atoms with Crippen molar-refractivity contribution in [2.45, 2.75) is 6.92 Å². The number of hydrogen-bond acceptors (Lipinski definition) is 5. The first-order valence-corrected chi connectivity index (χ1v) is 9.67. The molecule has 0 radical (unpaired) electrons. The molecule has 0 aliphatic heterocycles. The molecule has 0 fully saturated rings. The van der Waals surface area contributed by atoms with E-state index in [0.29, 0.717) is 23.0 Å². The number of nitrogen functional groups attached to an aromatic ring is 1. The number of nitrogens with two attached hydrogens (primary N) is 1. The summed E-state index contributed by atoms with van der Waals surface area (Å²) in [4.78, 5) is 4.27. The third-order valence-electron chi connectivity index (χ3n) is 4.48. The fourth-order valence-electron chi connectivity index (χ4n) is 2.84. The number of aromatic nitrogens is 1. The Kier molecular flexibility index (Phi) is 6.70. The average molecular weight is 448 g/mol. The van der Waals surface area contributed by atoms with E-state index in [1.807, 2.05) is 19.1 Å². The third-order valence-corrected chi connectivity index (χ3v) is 5.26. The average Bonchev–Trinajstić information content (AvgIpc) is 2.74. The lowest BCUT2D eigenvalue weighted by Gasteiger charge is -2.13. The number of ether oxygens (including phenoxy) is 2. The minimum Gasteiger partial charge on any atom is -0.495 e. The first kappa shape index (κ1) is 21.7. The second kappa shape index (κ2) is 9.24. The maximum Gasteiger partial charge on any atom is 0.141 e. The molecule has 30 heavy (non-hydrogen) atoms. The topological polar surface area (TPSA) is 69.4 Å². The summed E-state index contributed by atoms with van der Waals surface area (Å²) >= 11 is 12.6. The molecule has 8 heteroatoms. The van der Waals surface area contributed by atoms with Gasteiger partial charge in [-0.15, -0.1) is 0 Å². The Morgan fingerprint density at radius 1 is 1.10 bits per heavy atom. The van der Waals surface area contributed by atoms with Crippen LogP contribution in [0, 0.1) is 6.92 Å². The molecule has 0 saturated carbocycles. The number of hydrogen-bond donors (Lipinski definition) is 2. The van der Waals surface area contributed by atoms with E-state index in [1.54, 1.807) is 24.3 Å². The summed E-state index contributed by atoms with van der Waals surface area (Å²) in [6, 6.07) is 10.4. The van der Waals surface area contributed by atoms with Crippen LogP contribution >= 0.6 is 23.2 Å². The van der Waals surface area contributed by atoms with E-state index in [9.17, 15) is 4.39 Å². The molecule has 2 aromatic carbocycles. The molecule has 1 aromatic heterocycles. The van der Waals surface area contributed by atoms with E-state index in [2.05, 4.69) is 10.3 Å². The number of aryl methyl sites for hydroxylation is 1. The van der Waals surface area contributed by atoms with Crippen LogP contribution in [0.25, 0.3) is 11.9 Å². The van der Waals surface area contributed by atoms with Gasteiger partial charge in [-0.05, 0) is 36.8 Å². The normalized spacial score (nSPS) is 11.3. The van der Waals surface area contributed by atoms with E-state index in [1.165, 1.54) is 26.5 Å². The smallest absolute Gasteiger partial charge is 0.141 e. The standard InChI is InChI=1S/C22H20Cl2FN3O2/c1-12-5-4-6-16(26)22(12)28-19-8-7-13(11-27-19)15(25)9-14-20(23)17(29-2)10-18(30-3)21(14)24/h4-11H,26H2,1-3H3,(H,27,28)/b15-9-. The maximum absolute atomic E-state index is 14.9. The molecule has 0 amide bonds. The van der Waals surface area contributed by atoms with Gasteiger partial charge in [0, 0.05) is 23.4 Å². The van der Waals surface area contributed by atoms with Crippen molar-refractivity contribution in [3.63, 3.8) is 0 Å². The van der Waals surface area contributed by atoms with Gasteiger partial charge in [0.25, 0.3) is 0 Å². The van der Waals surface area contributed by atoms with Gasteiger partial charge in [-0.3, -0.25) is 0 Å². The van der Waals surface area contributed by atoms with Gasteiger partial charge in [-0.2, -0.15) is 0 Å². The molecule has 0 aliphatic carbocycles. The molecule has 3 N–H and O–H groups in total. The summed E-state index contributed by atoms with van der Waals surface area (Å²) in [7, 11) is 2.91. The lowest BCUT2D eigenvalue weighted by Crippen LogP contribution is -2.00. The zero-order valence-electron chi connectivity index (χ0n) is 16.6. The fourth-order valence-corrected chi connectivity index (χ4v) is 3.45. The lowest BCUT2D eigenvalue weighted by atomic mass is 10.1. The van der Waals surface area contributed by atoms with Crippen LogP contribution in [0.15, 0.2) is 42.6 Å². The number of nitrogens with zero attached hydrogens (tertiary/aromatic N) is 1. The molecule has 5 nitrogen and oxygen atoms in total. The molecule has 0 unspecified atom stereocenters. The van der Waals surface area contributed by atoms with Crippen LogP contribution in [-0.2, 0) is 0 Å². The van der Waals surface area contributed by atoms with Gasteiger partial charge in [0.05, 0.1) is 35.6 Å². The Morgan fingerprint density at radius 3 is 2.30 bits per heavy atom. The van der Waals surface area contributed by atoms with Crippen molar-refractivity contribution in [3.8, 4) is 11.5 Å². The predicted molar refractivity (Wildman–Crippen MR) is 122 cm³/mol. The van der Waals surface area contributed by atoms with Gasteiger partial charge >= 0.3 is 0 Å². The Morgan fingerprint density at radius 2 is 1.77 bits per heavy atom. The highest BCUT2D eigenvalue weighted by molar-refractivity contribution is 6.39. The zero-order valence-corrected chi connectivity index (χ0v) is 18.1. The van der Waals surface area contributed by atoms with Crippen molar-refractivity contribution in [2.75, 3.05) is 25.3 Å². The number of rotatable bonds is 6. The quantitative estimate of drug-likeness (QED) is 0.421. The first-order valence-electron chi connectivity index (χ1n) is 8.91. The van der Waals surface area contributed by atoms with Crippen LogP contribution in [0.2, 0.25) is 10.0 Å². The summed E-state index contributed by atoms with van der Waals surface area (Å²) in [6.07, 6.45) is 2.63. The summed E-state index contributed by atoms with van der Waals surface area (Å²) in [5.41, 5.74) is 8.85. The van der Waals surface area contributed by atoms with Gasteiger partial charge < -0.3 is 20.5 Å². The number of pyridine rings is 1. The van der Waals surface area contributed by atoms with Crippen molar-refractivity contribution in [1.82, 2.24) is 4.98 Å². The molecule has 1 heterocycles. The molecule has 0 atom stereocenters. The molecule has 0 aliphatic rings. The van der Waals surface area contributed by atoms with Gasteiger partial charge in [0.1, 0.15) is 23.1 Å². The largest absolute Gasteiger partial charge is 0.495 e. The highest BCUT2D eigenvalue weighted by atomic mass is 35.5. The van der Waals surface area contributed by atoms with Crippen molar-refractivity contribution in [3.05, 3.63) is 69.3 Å². The van der Waals surface area contributed by atoms with Gasteiger partial charge in [0.2, 0.25) is 0 Å². The Bertz CT molecular complexity index is 1050. The maximum atomic E-state index is 14.9. The van der Waals surface area contributed by atoms with Gasteiger partial charge in [-0.25, -0.2) is 9.37 Å². The van der Waals surface area contributed by atoms with Crippen LogP contribution in [0.5, 0.6) is 11.5 Å². The SMILES string of the molecule is COc1cc(OC)c(Cl)c(/C=C(\F)c2ccc(Nc3c(C)cccc3N)nc2)c1Cl. The summed E-state index contributed by atoms with van der Waals surface area (Å²) in [6.45, 7) is 1.94. The Hall–Kier alpha value is -2.96. The minimum absolute atomic E-state index is 0.180. The Balaban J connectivity index is 1.91. The molecular weight excluding hydrogens is 428 g/mol. The van der Waals surface area contributed by atoms with E-state index in [-0.39, 0.29) is 21.2 Å². The number of halogens is 3. The van der Waals surface area contributed by atoms with E-state index in [0.717, 1.165) is 11.3 Å². The van der Waals surface area contributed by atoms with Crippen molar-refractivity contribution >= 4 is 52.3 Å². The second-order valence-electron chi connectivity index (χ2n) is 6.41. The zero-order chi connectivity index (χ0) is 21.8. The van der Waals surface area contributed by atoms with Crippen LogP contribution < -0.4 is 20.5 Å². The monoisotopic (exact) mass is 447 g/mol. The minimum atomic E-state index is -0.566. The van der Waals surface area contributed by atoms with Gasteiger partial charge in [0.15, 0.2) is 0 Å². The summed E-state index contributed by atoms with van der Waals surface area (Å²) in [5, 5.41) is 3.51. The van der Waals surface area contributed by atoms with Crippen LogP contribution in [0.1, 0.15) is 16.7 Å². The summed E-state index contributed by atoms with van der Waals surface area (Å²) < 4.78 is 25.3. The Labute approximate surface area is 184 Å². The van der Waals surface area contributed by atoms with E-state index < -0.39 is 5.83 Å². The highest BCUT2D eigenvalue weighted by Gasteiger charge is 2.17. The summed E-state index contributed by atoms with van der Waals surface area (Å²) in [5.74, 6) is 0.617. The first-order chi connectivity index (χ1) is 14.3. The molecule has 3 aromatic rings. The van der Waals surface area contributed by atoms with Crippen molar-refractivity contribution in [1.29, 1.82) is 0 Å². The fraction of sp³-hybridized carbons (Fsp3) is 0.136. The van der Waals surface area contributed by atoms with E-state index in [4.69, 9.17) is 38.4 Å². The van der Waals surface area contributed by atoms with Crippen molar-refractivity contribution < 1.29 is 13.9 Å². The predicted octanol–water partition coefficient (Wildman–Crippen LogP) is 6.51. The van der Waals surface area contributed by atoms with Crippen LogP contribution in [0.4, 0.5) is 21.6 Å². The second-order valence-corrected chi connectivity index (χ2v) is 7.17. The molecule has 0 saturated heterocycles. The number of methoxy groups -OCH3 is 2. The van der Waals surface area contributed by atoms with Gasteiger partial charge in [-0.1, -0.05) is 35.3 Å². The van der Waals surface area contributed by atoms with Crippen molar-refractivity contribution in [2.24, 2.45) is 0 Å². The molecule has 156 valence electrons.